The maximum atomic E-state index is 13.1. The number of fused-ring (bicyclic) bond motifs is 1. The number of amides is 1. The van der Waals surface area contributed by atoms with Crippen molar-refractivity contribution in [2.75, 3.05) is 13.1 Å². The molecule has 1 saturated heterocycles. The number of benzene rings is 2. The van der Waals surface area contributed by atoms with Gasteiger partial charge in [-0.05, 0) is 61.4 Å². The van der Waals surface area contributed by atoms with Crippen LogP contribution in [0.1, 0.15) is 23.2 Å². The van der Waals surface area contributed by atoms with Crippen molar-refractivity contribution in [3.05, 3.63) is 82.8 Å². The van der Waals surface area contributed by atoms with Gasteiger partial charge < -0.3 is 14.7 Å². The van der Waals surface area contributed by atoms with E-state index in [0.717, 1.165) is 0 Å². The second-order valence-electron chi connectivity index (χ2n) is 8.70. The summed E-state index contributed by atoms with van der Waals surface area (Å²) in [4.78, 5) is 42.3. The molecule has 10 nitrogen and oxygen atoms in total. The SMILES string of the molecule is O=COc1ccc(-n2ncc3c(=O)n(CC4(O)CCN(C(=O)c5ccc(F)cc5)CC4)cnc32)cc1. The molecule has 11 heteroatoms. The zero-order valence-corrected chi connectivity index (χ0v) is 19.1. The summed E-state index contributed by atoms with van der Waals surface area (Å²) >= 11 is 0. The fourth-order valence-electron chi connectivity index (χ4n) is 4.35. The van der Waals surface area contributed by atoms with Gasteiger partial charge in [-0.1, -0.05) is 0 Å². The summed E-state index contributed by atoms with van der Waals surface area (Å²) in [7, 11) is 0. The quantitative estimate of drug-likeness (QED) is 0.409. The van der Waals surface area contributed by atoms with Gasteiger partial charge in [0.15, 0.2) is 5.65 Å². The van der Waals surface area contributed by atoms with Crippen LogP contribution in [0.15, 0.2) is 65.8 Å². The molecule has 36 heavy (non-hydrogen) atoms. The van der Waals surface area contributed by atoms with Crippen LogP contribution in [0.25, 0.3) is 16.7 Å². The zero-order valence-electron chi connectivity index (χ0n) is 19.1. The molecule has 0 bridgehead atoms. The Hall–Kier alpha value is -4.38. The van der Waals surface area contributed by atoms with Gasteiger partial charge in [-0.2, -0.15) is 5.10 Å². The van der Waals surface area contributed by atoms with Crippen LogP contribution < -0.4 is 10.3 Å². The third-order valence-electron chi connectivity index (χ3n) is 6.36. The van der Waals surface area contributed by atoms with E-state index in [2.05, 4.69) is 10.1 Å². The van der Waals surface area contributed by atoms with E-state index in [-0.39, 0.29) is 30.9 Å². The molecule has 1 N–H and O–H groups in total. The number of halogens is 1. The molecule has 4 aromatic rings. The maximum absolute atomic E-state index is 13.1. The van der Waals surface area contributed by atoms with Crippen molar-refractivity contribution in [1.82, 2.24) is 24.2 Å². The van der Waals surface area contributed by atoms with Crippen molar-refractivity contribution in [1.29, 1.82) is 0 Å². The molecule has 1 aliphatic heterocycles. The van der Waals surface area contributed by atoms with Gasteiger partial charge >= 0.3 is 0 Å². The molecule has 0 radical (unpaired) electrons. The Labute approximate surface area is 204 Å². The smallest absolute Gasteiger partial charge is 0.298 e. The van der Waals surface area contributed by atoms with Crippen LogP contribution in [-0.4, -0.2) is 60.4 Å². The number of nitrogens with zero attached hydrogens (tertiary/aromatic N) is 5. The topological polar surface area (TPSA) is 120 Å². The lowest BCUT2D eigenvalue weighted by molar-refractivity contribution is -0.120. The zero-order chi connectivity index (χ0) is 25.3. The first-order valence-corrected chi connectivity index (χ1v) is 11.3. The van der Waals surface area contributed by atoms with Crippen LogP contribution in [0.5, 0.6) is 5.75 Å². The number of carbonyl (C=O) groups is 2. The fraction of sp³-hybridized carbons (Fsp3) is 0.240. The summed E-state index contributed by atoms with van der Waals surface area (Å²) in [5.41, 5.74) is -0.166. The molecule has 0 aliphatic carbocycles. The van der Waals surface area contributed by atoms with Gasteiger partial charge in [0.1, 0.15) is 23.3 Å². The Morgan fingerprint density at radius 3 is 2.47 bits per heavy atom. The van der Waals surface area contributed by atoms with Gasteiger partial charge in [-0.3, -0.25) is 19.0 Å². The molecule has 2 aromatic carbocycles. The molecule has 1 fully saturated rings. The summed E-state index contributed by atoms with van der Waals surface area (Å²) in [6.45, 7) is 0.970. The molecular formula is C25H22FN5O5. The summed E-state index contributed by atoms with van der Waals surface area (Å²) in [6.07, 6.45) is 3.35. The highest BCUT2D eigenvalue weighted by atomic mass is 19.1. The van der Waals surface area contributed by atoms with Crippen molar-refractivity contribution in [2.24, 2.45) is 0 Å². The second-order valence-corrected chi connectivity index (χ2v) is 8.70. The van der Waals surface area contributed by atoms with Crippen LogP contribution in [-0.2, 0) is 11.3 Å². The fourth-order valence-corrected chi connectivity index (χ4v) is 4.35. The largest absolute Gasteiger partial charge is 0.429 e. The first-order valence-electron chi connectivity index (χ1n) is 11.3. The minimum atomic E-state index is -1.19. The molecule has 0 spiro atoms. The number of piperidine rings is 1. The molecule has 184 valence electrons. The number of hydrogen-bond acceptors (Lipinski definition) is 7. The predicted octanol–water partition coefficient (Wildman–Crippen LogP) is 1.92. The predicted molar refractivity (Wildman–Crippen MR) is 126 cm³/mol. The third-order valence-corrected chi connectivity index (χ3v) is 6.36. The lowest BCUT2D eigenvalue weighted by Crippen LogP contribution is -2.49. The highest BCUT2D eigenvalue weighted by Gasteiger charge is 2.35. The van der Waals surface area contributed by atoms with Gasteiger partial charge in [0.2, 0.25) is 0 Å². The average molecular weight is 491 g/mol. The van der Waals surface area contributed by atoms with E-state index in [1.165, 1.54) is 46.0 Å². The minimum absolute atomic E-state index is 0.0241. The van der Waals surface area contributed by atoms with Gasteiger partial charge in [-0.15, -0.1) is 0 Å². The van der Waals surface area contributed by atoms with Crippen molar-refractivity contribution in [3.8, 4) is 11.4 Å². The van der Waals surface area contributed by atoms with Gasteiger partial charge in [0.25, 0.3) is 17.9 Å². The number of carbonyl (C=O) groups excluding carboxylic acids is 2. The normalized spacial score (nSPS) is 15.1. The van der Waals surface area contributed by atoms with Crippen molar-refractivity contribution in [2.45, 2.75) is 25.0 Å². The second kappa shape index (κ2) is 9.34. The summed E-state index contributed by atoms with van der Waals surface area (Å²) in [6, 6.07) is 11.9. The molecule has 0 saturated carbocycles. The lowest BCUT2D eigenvalue weighted by atomic mass is 9.91. The average Bonchev–Trinajstić information content (AvgIpc) is 3.32. The molecule has 3 heterocycles. The van der Waals surface area contributed by atoms with Gasteiger partial charge in [0.05, 0.1) is 24.0 Å². The van der Waals surface area contributed by atoms with Gasteiger partial charge in [0, 0.05) is 18.7 Å². The van der Waals surface area contributed by atoms with E-state index in [1.807, 2.05) is 0 Å². The van der Waals surface area contributed by atoms with E-state index < -0.39 is 11.4 Å². The number of ether oxygens (including phenoxy) is 1. The standard InChI is InChI=1S/C25H22FN5O5/c26-18-3-1-17(2-4-18)23(33)29-11-9-25(35,10-12-29)14-30-15-27-22-21(24(30)34)13-28-31(22)19-5-7-20(8-6-19)36-16-32/h1-8,13,15-16,35H,9-12,14H2. The number of aromatic nitrogens is 4. The van der Waals surface area contributed by atoms with Gasteiger partial charge in [-0.25, -0.2) is 14.1 Å². The van der Waals surface area contributed by atoms with Crippen molar-refractivity contribution < 1.29 is 23.8 Å². The van der Waals surface area contributed by atoms with Crippen molar-refractivity contribution >= 4 is 23.4 Å². The van der Waals surface area contributed by atoms with Crippen molar-refractivity contribution in [3.63, 3.8) is 0 Å². The van der Waals surface area contributed by atoms with Crippen LogP contribution >= 0.6 is 0 Å². The molecule has 2 aromatic heterocycles. The molecule has 1 amide bonds. The van der Waals surface area contributed by atoms with E-state index in [9.17, 15) is 23.9 Å². The van der Waals surface area contributed by atoms with Crippen LogP contribution in [0, 0.1) is 5.82 Å². The van der Waals surface area contributed by atoms with E-state index >= 15 is 0 Å². The van der Waals surface area contributed by atoms with Crippen LogP contribution in [0.3, 0.4) is 0 Å². The molecule has 1 aliphatic rings. The number of likely N-dealkylation sites (tertiary alicyclic amines) is 1. The number of hydrogen-bond donors (Lipinski definition) is 1. The Morgan fingerprint density at radius 2 is 1.81 bits per heavy atom. The Bertz CT molecular complexity index is 1470. The summed E-state index contributed by atoms with van der Waals surface area (Å²) in [5.74, 6) is -0.266. The van der Waals surface area contributed by atoms with E-state index in [1.54, 1.807) is 29.2 Å². The number of aliphatic hydroxyl groups is 1. The molecule has 0 unspecified atom stereocenters. The molecule has 5 rings (SSSR count). The van der Waals surface area contributed by atoms with Crippen LogP contribution in [0.4, 0.5) is 4.39 Å². The van der Waals surface area contributed by atoms with E-state index in [0.29, 0.717) is 47.6 Å². The number of rotatable bonds is 6. The molecule has 0 atom stereocenters. The Balaban J connectivity index is 1.30. The summed E-state index contributed by atoms with van der Waals surface area (Å²) in [5, 5.41) is 15.7. The van der Waals surface area contributed by atoms with Crippen LogP contribution in [0.2, 0.25) is 0 Å². The monoisotopic (exact) mass is 491 g/mol. The third kappa shape index (κ3) is 4.48. The highest BCUT2D eigenvalue weighted by Crippen LogP contribution is 2.25. The molecular weight excluding hydrogens is 469 g/mol. The summed E-state index contributed by atoms with van der Waals surface area (Å²) < 4.78 is 20.8. The first-order chi connectivity index (χ1) is 17.4. The maximum Gasteiger partial charge on any atom is 0.298 e. The Morgan fingerprint density at radius 1 is 1.11 bits per heavy atom. The minimum Gasteiger partial charge on any atom is -0.429 e. The Kier molecular flexibility index (Phi) is 6.06. The lowest BCUT2D eigenvalue weighted by Gasteiger charge is -2.38. The first kappa shape index (κ1) is 23.4. The van der Waals surface area contributed by atoms with E-state index in [4.69, 9.17) is 4.74 Å². The highest BCUT2D eigenvalue weighted by molar-refractivity contribution is 5.94.